The van der Waals surface area contributed by atoms with Crippen LogP contribution in [0, 0.1) is 11.8 Å². The molecule has 0 spiro atoms. The summed E-state index contributed by atoms with van der Waals surface area (Å²) in [7, 11) is 0. The maximum absolute atomic E-state index is 12.8. The van der Waals surface area contributed by atoms with Crippen molar-refractivity contribution in [1.82, 2.24) is 9.97 Å². The Morgan fingerprint density at radius 1 is 1.42 bits per heavy atom. The van der Waals surface area contributed by atoms with Crippen molar-refractivity contribution in [3.8, 4) is 0 Å². The van der Waals surface area contributed by atoms with Crippen molar-refractivity contribution >= 4 is 27.5 Å². The minimum atomic E-state index is -0.216. The van der Waals surface area contributed by atoms with Gasteiger partial charge in [-0.2, -0.15) is 0 Å². The van der Waals surface area contributed by atoms with Gasteiger partial charge in [-0.1, -0.05) is 6.92 Å². The number of nitrogens with two attached hydrogens (primary N) is 1. The number of thiophene rings is 1. The van der Waals surface area contributed by atoms with Crippen LogP contribution in [0.5, 0.6) is 0 Å². The summed E-state index contributed by atoms with van der Waals surface area (Å²) in [5.41, 5.74) is 6.72. The molecule has 7 heteroatoms. The molecule has 0 saturated carbocycles. The number of aryl methyl sites for hydroxylation is 1. The van der Waals surface area contributed by atoms with E-state index >= 15 is 0 Å². The van der Waals surface area contributed by atoms with Crippen molar-refractivity contribution in [3.63, 3.8) is 0 Å². The molecule has 140 valence electrons. The van der Waals surface area contributed by atoms with Crippen LogP contribution in [-0.2, 0) is 17.6 Å². The first-order valence-corrected chi connectivity index (χ1v) is 10.4. The van der Waals surface area contributed by atoms with Crippen LogP contribution in [0.15, 0.2) is 4.79 Å². The maximum Gasteiger partial charge on any atom is 0.260 e. The number of primary amides is 1. The lowest BCUT2D eigenvalue weighted by atomic mass is 9.89. The molecule has 0 aromatic carbocycles. The summed E-state index contributed by atoms with van der Waals surface area (Å²) >= 11 is 1.69. The average Bonchev–Trinajstić information content (AvgIpc) is 2.98. The molecular formula is C19H27N4O2S+. The Balaban J connectivity index is 1.67. The standard InChI is InChI=1S/C19H26N4O2S/c1-10-5-6-13-14(8-10)26-19-15(13)18(25)21-17(22-19)11(2)23-7-3-4-12(9-23)16(20)24/h10-12H,3-9H2,1-2H3,(H2,20,24)(H,21,22,25)/p+1/t10-,11+,12-/m0/s1. The zero-order valence-corrected chi connectivity index (χ0v) is 16.2. The Morgan fingerprint density at radius 2 is 2.23 bits per heavy atom. The molecular weight excluding hydrogens is 348 g/mol. The van der Waals surface area contributed by atoms with Gasteiger partial charge in [0.05, 0.1) is 24.4 Å². The van der Waals surface area contributed by atoms with Crippen LogP contribution in [0.2, 0.25) is 0 Å². The van der Waals surface area contributed by atoms with Gasteiger partial charge in [-0.05, 0) is 50.5 Å². The number of likely N-dealkylation sites (tertiary alicyclic amines) is 1. The number of carbonyl (C=O) groups excluding carboxylic acids is 1. The van der Waals surface area contributed by atoms with Crippen LogP contribution in [0.4, 0.5) is 0 Å². The number of H-pyrrole nitrogens is 1. The molecule has 1 aliphatic carbocycles. The maximum atomic E-state index is 12.8. The van der Waals surface area contributed by atoms with Gasteiger partial charge in [0.2, 0.25) is 5.91 Å². The molecule has 1 saturated heterocycles. The Kier molecular flexibility index (Phi) is 4.61. The van der Waals surface area contributed by atoms with Gasteiger partial charge in [0.25, 0.3) is 5.56 Å². The first-order chi connectivity index (χ1) is 12.4. The van der Waals surface area contributed by atoms with E-state index in [4.69, 9.17) is 10.7 Å². The van der Waals surface area contributed by atoms with Crippen LogP contribution in [-0.4, -0.2) is 29.0 Å². The molecule has 4 atom stereocenters. The fourth-order valence-corrected chi connectivity index (χ4v) is 5.89. The van der Waals surface area contributed by atoms with Crippen LogP contribution < -0.4 is 16.2 Å². The van der Waals surface area contributed by atoms with Crippen molar-refractivity contribution in [2.75, 3.05) is 13.1 Å². The molecule has 26 heavy (non-hydrogen) atoms. The van der Waals surface area contributed by atoms with E-state index in [1.165, 1.54) is 15.3 Å². The summed E-state index contributed by atoms with van der Waals surface area (Å²) in [4.78, 5) is 35.7. The number of nitrogens with zero attached hydrogens (tertiary/aromatic N) is 1. The smallest absolute Gasteiger partial charge is 0.260 e. The predicted octanol–water partition coefficient (Wildman–Crippen LogP) is 0.951. The summed E-state index contributed by atoms with van der Waals surface area (Å²) in [6, 6.07) is 0.0484. The topological polar surface area (TPSA) is 93.3 Å². The molecule has 2 aliphatic rings. The summed E-state index contributed by atoms with van der Waals surface area (Å²) in [5.74, 6) is 1.12. The van der Waals surface area contributed by atoms with Gasteiger partial charge in [-0.3, -0.25) is 9.59 Å². The van der Waals surface area contributed by atoms with Crippen LogP contribution in [0.3, 0.4) is 0 Å². The second kappa shape index (κ2) is 6.78. The van der Waals surface area contributed by atoms with E-state index in [9.17, 15) is 9.59 Å². The van der Waals surface area contributed by atoms with Gasteiger partial charge in [-0.25, -0.2) is 4.98 Å². The number of aromatic amines is 1. The Hall–Kier alpha value is -1.73. The van der Waals surface area contributed by atoms with Gasteiger partial charge in [0.15, 0.2) is 5.82 Å². The highest BCUT2D eigenvalue weighted by molar-refractivity contribution is 7.18. The summed E-state index contributed by atoms with van der Waals surface area (Å²) in [6.45, 7) is 6.05. The highest BCUT2D eigenvalue weighted by Crippen LogP contribution is 2.35. The van der Waals surface area contributed by atoms with Gasteiger partial charge in [0, 0.05) is 4.88 Å². The highest BCUT2D eigenvalue weighted by atomic mass is 32.1. The van der Waals surface area contributed by atoms with E-state index in [1.807, 2.05) is 0 Å². The lowest BCUT2D eigenvalue weighted by Crippen LogP contribution is -3.13. The van der Waals surface area contributed by atoms with Gasteiger partial charge >= 0.3 is 0 Å². The molecule has 1 unspecified atom stereocenters. The van der Waals surface area contributed by atoms with Crippen LogP contribution >= 0.6 is 11.3 Å². The van der Waals surface area contributed by atoms with E-state index in [2.05, 4.69) is 18.8 Å². The lowest BCUT2D eigenvalue weighted by molar-refractivity contribution is -0.937. The predicted molar refractivity (Wildman–Crippen MR) is 102 cm³/mol. The lowest BCUT2D eigenvalue weighted by Gasteiger charge is -2.32. The van der Waals surface area contributed by atoms with Gasteiger partial charge in [-0.15, -0.1) is 11.3 Å². The quantitative estimate of drug-likeness (QED) is 0.746. The average molecular weight is 376 g/mol. The molecule has 1 amide bonds. The molecule has 0 radical (unpaired) electrons. The SMILES string of the molecule is C[C@H]1CCc2c(sc3nc([C@@H](C)[NH+]4CCC[C@H](C(N)=O)C4)[nH]c(=O)c23)C1. The normalized spacial score (nSPS) is 27.2. The second-order valence-corrected chi connectivity index (χ2v) is 9.14. The van der Waals surface area contributed by atoms with Gasteiger partial charge < -0.3 is 15.6 Å². The number of quaternary nitrogens is 1. The molecule has 4 N–H and O–H groups in total. The number of hydrogen-bond acceptors (Lipinski definition) is 4. The van der Waals surface area contributed by atoms with E-state index in [-0.39, 0.29) is 23.4 Å². The van der Waals surface area contributed by atoms with E-state index in [0.29, 0.717) is 5.92 Å². The van der Waals surface area contributed by atoms with Crippen molar-refractivity contribution in [1.29, 1.82) is 0 Å². The molecule has 2 aromatic rings. The molecule has 1 fully saturated rings. The number of piperidine rings is 1. The Morgan fingerprint density at radius 3 is 3.00 bits per heavy atom. The first-order valence-electron chi connectivity index (χ1n) is 9.62. The van der Waals surface area contributed by atoms with Crippen LogP contribution in [0.25, 0.3) is 10.2 Å². The minimum Gasteiger partial charge on any atom is -0.369 e. The largest absolute Gasteiger partial charge is 0.369 e. The number of carbonyl (C=O) groups is 1. The molecule has 2 aromatic heterocycles. The summed E-state index contributed by atoms with van der Waals surface area (Å²) in [5, 5.41) is 0.802. The van der Waals surface area contributed by atoms with Crippen LogP contribution in [0.1, 0.15) is 55.4 Å². The first kappa shape index (κ1) is 17.7. The van der Waals surface area contributed by atoms with Crippen molar-refractivity contribution in [2.45, 2.75) is 52.0 Å². The van der Waals surface area contributed by atoms with E-state index in [0.717, 1.165) is 61.2 Å². The number of aromatic nitrogens is 2. The third-order valence-electron chi connectivity index (χ3n) is 6.17. The van der Waals surface area contributed by atoms with Gasteiger partial charge in [0.1, 0.15) is 10.9 Å². The Bertz CT molecular complexity index is 903. The van der Waals surface area contributed by atoms with E-state index < -0.39 is 0 Å². The fraction of sp³-hybridized carbons (Fsp3) is 0.632. The van der Waals surface area contributed by atoms with E-state index in [1.54, 1.807) is 11.3 Å². The van der Waals surface area contributed by atoms with Crippen molar-refractivity contribution < 1.29 is 9.69 Å². The Labute approximate surface area is 156 Å². The fourth-order valence-electron chi connectivity index (χ4n) is 4.50. The molecule has 6 nitrogen and oxygen atoms in total. The third-order valence-corrected chi connectivity index (χ3v) is 7.32. The highest BCUT2D eigenvalue weighted by Gasteiger charge is 2.32. The summed E-state index contributed by atoms with van der Waals surface area (Å²) in [6.07, 6.45) is 5.02. The second-order valence-electron chi connectivity index (χ2n) is 8.06. The zero-order chi connectivity index (χ0) is 18.4. The van der Waals surface area contributed by atoms with Crippen molar-refractivity contribution in [2.24, 2.45) is 17.6 Å². The number of hydrogen-bond donors (Lipinski definition) is 3. The number of amides is 1. The number of nitrogens with one attached hydrogen (secondary N) is 2. The summed E-state index contributed by atoms with van der Waals surface area (Å²) < 4.78 is 0. The third kappa shape index (κ3) is 3.07. The molecule has 4 rings (SSSR count). The molecule has 3 heterocycles. The molecule has 1 aliphatic heterocycles. The minimum absolute atomic E-state index is 0.00763. The van der Waals surface area contributed by atoms with Crippen molar-refractivity contribution in [3.05, 3.63) is 26.6 Å². The molecule has 0 bridgehead atoms. The number of rotatable bonds is 3. The zero-order valence-electron chi connectivity index (χ0n) is 15.4. The number of fused-ring (bicyclic) bond motifs is 3. The monoisotopic (exact) mass is 375 g/mol.